The first-order valence-corrected chi connectivity index (χ1v) is 5.59. The Morgan fingerprint density at radius 1 is 1.38 bits per heavy atom. The summed E-state index contributed by atoms with van der Waals surface area (Å²) in [6.45, 7) is 1.81. The van der Waals surface area contributed by atoms with Crippen LogP contribution in [-0.4, -0.2) is 26.1 Å². The van der Waals surface area contributed by atoms with Crippen LogP contribution in [0.1, 0.15) is 6.42 Å². The van der Waals surface area contributed by atoms with Gasteiger partial charge in [-0.15, -0.1) is 0 Å². The average Bonchev–Trinajstić information content (AvgIpc) is 2.30. The van der Waals surface area contributed by atoms with E-state index < -0.39 is 0 Å². The van der Waals surface area contributed by atoms with Crippen molar-refractivity contribution in [1.82, 2.24) is 0 Å². The van der Waals surface area contributed by atoms with Gasteiger partial charge in [-0.25, -0.2) is 0 Å². The zero-order valence-corrected chi connectivity index (χ0v) is 9.57. The third kappa shape index (κ3) is 3.64. The summed E-state index contributed by atoms with van der Waals surface area (Å²) in [4.78, 5) is 5.26. The van der Waals surface area contributed by atoms with E-state index in [9.17, 15) is 0 Å². The van der Waals surface area contributed by atoms with E-state index in [1.165, 1.54) is 0 Å². The van der Waals surface area contributed by atoms with Gasteiger partial charge in [0.2, 0.25) is 0 Å². The van der Waals surface area contributed by atoms with Gasteiger partial charge in [-0.1, -0.05) is 17.7 Å². The molecule has 0 radical (unpaired) electrons. The van der Waals surface area contributed by atoms with Crippen LogP contribution < -0.4 is 5.48 Å². The molecule has 5 heteroatoms. The number of anilines is 1. The Balaban J connectivity index is 1.71. The van der Waals surface area contributed by atoms with Crippen molar-refractivity contribution in [3.8, 4) is 0 Å². The van der Waals surface area contributed by atoms with Gasteiger partial charge in [0.1, 0.15) is 6.61 Å². The van der Waals surface area contributed by atoms with Gasteiger partial charge in [0.25, 0.3) is 0 Å². The van der Waals surface area contributed by atoms with Crippen LogP contribution in [0.4, 0.5) is 5.69 Å². The Hall–Kier alpha value is -0.810. The first-order chi connectivity index (χ1) is 7.84. The summed E-state index contributed by atoms with van der Waals surface area (Å²) in [6.07, 6.45) is 0.665. The lowest BCUT2D eigenvalue weighted by Gasteiger charge is -2.22. The van der Waals surface area contributed by atoms with E-state index >= 15 is 0 Å². The number of nitrogens with one attached hydrogen (secondary N) is 1. The first-order valence-electron chi connectivity index (χ1n) is 5.21. The van der Waals surface area contributed by atoms with Crippen LogP contribution in [0.2, 0.25) is 5.02 Å². The summed E-state index contributed by atoms with van der Waals surface area (Å²) in [7, 11) is 0. The van der Waals surface area contributed by atoms with Crippen molar-refractivity contribution in [2.45, 2.75) is 12.7 Å². The van der Waals surface area contributed by atoms with Gasteiger partial charge in [-0.3, -0.25) is 10.3 Å². The topological polar surface area (TPSA) is 39.7 Å². The molecule has 1 aromatic rings. The minimum Gasteiger partial charge on any atom is -0.350 e. The van der Waals surface area contributed by atoms with E-state index in [0.29, 0.717) is 11.6 Å². The minimum absolute atomic E-state index is 0.277. The Kier molecular flexibility index (Phi) is 4.42. The molecular formula is C11H14ClNO3. The fourth-order valence-electron chi connectivity index (χ4n) is 1.38. The Bertz CT molecular complexity index is 329. The monoisotopic (exact) mass is 243 g/mol. The fraction of sp³-hybridized carbons (Fsp3) is 0.455. The second kappa shape index (κ2) is 6.06. The van der Waals surface area contributed by atoms with E-state index in [1.807, 2.05) is 12.1 Å². The highest BCUT2D eigenvalue weighted by molar-refractivity contribution is 6.30. The molecular weight excluding hydrogens is 230 g/mol. The van der Waals surface area contributed by atoms with Crippen molar-refractivity contribution in [3.63, 3.8) is 0 Å². The highest BCUT2D eigenvalue weighted by Crippen LogP contribution is 2.15. The molecule has 0 aliphatic carbocycles. The Morgan fingerprint density at radius 2 is 2.19 bits per heavy atom. The quantitative estimate of drug-likeness (QED) is 0.825. The summed E-state index contributed by atoms with van der Waals surface area (Å²) in [5, 5.41) is 0.666. The maximum absolute atomic E-state index is 5.83. The van der Waals surface area contributed by atoms with E-state index in [0.717, 1.165) is 25.3 Å². The van der Waals surface area contributed by atoms with Gasteiger partial charge < -0.3 is 9.47 Å². The third-order valence-electron chi connectivity index (χ3n) is 2.13. The molecule has 4 nitrogen and oxygen atoms in total. The molecule has 0 aromatic heterocycles. The highest BCUT2D eigenvalue weighted by atomic mass is 35.5. The molecule has 1 aliphatic rings. The maximum atomic E-state index is 5.83. The van der Waals surface area contributed by atoms with Crippen molar-refractivity contribution in [1.29, 1.82) is 0 Å². The van der Waals surface area contributed by atoms with Crippen molar-refractivity contribution >= 4 is 17.3 Å². The summed E-state index contributed by atoms with van der Waals surface area (Å²) in [5.74, 6) is 0. The number of rotatable bonds is 4. The van der Waals surface area contributed by atoms with Crippen molar-refractivity contribution in [2.75, 3.05) is 25.3 Å². The standard InChI is InChI=1S/C11H14ClNO3/c12-9-3-1-4-10(7-9)13-16-8-11-14-5-2-6-15-11/h1,3-4,7,11,13H,2,5-6,8H2. The van der Waals surface area contributed by atoms with E-state index in [4.69, 9.17) is 25.9 Å². The molecule has 88 valence electrons. The van der Waals surface area contributed by atoms with Crippen LogP contribution in [0, 0.1) is 0 Å². The minimum atomic E-state index is -0.277. The summed E-state index contributed by atoms with van der Waals surface area (Å²) in [6, 6.07) is 7.31. The summed E-state index contributed by atoms with van der Waals surface area (Å²) >= 11 is 5.83. The van der Waals surface area contributed by atoms with E-state index in [1.54, 1.807) is 12.1 Å². The van der Waals surface area contributed by atoms with Gasteiger partial charge in [0, 0.05) is 5.02 Å². The fourth-order valence-corrected chi connectivity index (χ4v) is 1.57. The van der Waals surface area contributed by atoms with Crippen LogP contribution >= 0.6 is 11.6 Å². The molecule has 0 saturated carbocycles. The second-order valence-electron chi connectivity index (χ2n) is 3.45. The second-order valence-corrected chi connectivity index (χ2v) is 3.88. The van der Waals surface area contributed by atoms with Gasteiger partial charge in [-0.2, -0.15) is 0 Å². The number of hydrogen-bond acceptors (Lipinski definition) is 4. The molecule has 1 N–H and O–H groups in total. The van der Waals surface area contributed by atoms with Crippen LogP contribution in [0.5, 0.6) is 0 Å². The molecule has 2 rings (SSSR count). The smallest absolute Gasteiger partial charge is 0.183 e. The Morgan fingerprint density at radius 3 is 2.94 bits per heavy atom. The summed E-state index contributed by atoms with van der Waals surface area (Å²) in [5.41, 5.74) is 3.60. The van der Waals surface area contributed by atoms with Gasteiger partial charge in [0.05, 0.1) is 18.9 Å². The summed E-state index contributed by atoms with van der Waals surface area (Å²) < 4.78 is 10.7. The largest absolute Gasteiger partial charge is 0.350 e. The van der Waals surface area contributed by atoms with Gasteiger partial charge in [0.15, 0.2) is 6.29 Å². The Labute approximate surface area is 99.4 Å². The van der Waals surface area contributed by atoms with Crippen LogP contribution in [0.15, 0.2) is 24.3 Å². The normalized spacial score (nSPS) is 17.3. The number of halogens is 1. The maximum Gasteiger partial charge on any atom is 0.183 e. The number of ether oxygens (including phenoxy) is 2. The average molecular weight is 244 g/mol. The molecule has 1 aliphatic heterocycles. The molecule has 0 spiro atoms. The first kappa shape index (κ1) is 11.7. The number of hydrogen-bond donors (Lipinski definition) is 1. The van der Waals surface area contributed by atoms with Crippen molar-refractivity contribution in [3.05, 3.63) is 29.3 Å². The molecule has 1 saturated heterocycles. The predicted octanol–water partition coefficient (Wildman–Crippen LogP) is 2.45. The molecule has 0 atom stereocenters. The molecule has 1 aromatic carbocycles. The lowest BCUT2D eigenvalue weighted by molar-refractivity contribution is -0.198. The van der Waals surface area contributed by atoms with Crippen molar-refractivity contribution < 1.29 is 14.3 Å². The lowest BCUT2D eigenvalue weighted by atomic mass is 10.3. The highest BCUT2D eigenvalue weighted by Gasteiger charge is 2.14. The lowest BCUT2D eigenvalue weighted by Crippen LogP contribution is -2.30. The number of benzene rings is 1. The molecule has 0 bridgehead atoms. The van der Waals surface area contributed by atoms with E-state index in [-0.39, 0.29) is 6.29 Å². The third-order valence-corrected chi connectivity index (χ3v) is 2.37. The van der Waals surface area contributed by atoms with Crippen LogP contribution in [0.3, 0.4) is 0 Å². The van der Waals surface area contributed by atoms with Gasteiger partial charge in [-0.05, 0) is 24.6 Å². The molecule has 1 heterocycles. The molecule has 0 unspecified atom stereocenters. The van der Waals surface area contributed by atoms with Crippen molar-refractivity contribution in [2.24, 2.45) is 0 Å². The SMILES string of the molecule is Clc1cccc(NOCC2OCCCO2)c1. The predicted molar refractivity (Wildman–Crippen MR) is 61.3 cm³/mol. The molecule has 1 fully saturated rings. The molecule has 16 heavy (non-hydrogen) atoms. The van der Waals surface area contributed by atoms with Crippen LogP contribution in [-0.2, 0) is 14.3 Å². The molecule has 0 amide bonds. The zero-order chi connectivity index (χ0) is 11.2. The van der Waals surface area contributed by atoms with Crippen LogP contribution in [0.25, 0.3) is 0 Å². The zero-order valence-electron chi connectivity index (χ0n) is 8.82. The van der Waals surface area contributed by atoms with E-state index in [2.05, 4.69) is 5.48 Å². The van der Waals surface area contributed by atoms with Gasteiger partial charge >= 0.3 is 0 Å².